The Bertz CT molecular complexity index is 1460. The van der Waals surface area contributed by atoms with Gasteiger partial charge >= 0.3 is 0 Å². The topological polar surface area (TPSA) is 86.8 Å². The van der Waals surface area contributed by atoms with Crippen molar-refractivity contribution in [2.24, 2.45) is 0 Å². The van der Waals surface area contributed by atoms with Gasteiger partial charge in [-0.05, 0) is 60.9 Å². The highest BCUT2D eigenvalue weighted by atomic mass is 35.5. The highest BCUT2D eigenvalue weighted by Crippen LogP contribution is 2.29. The van der Waals surface area contributed by atoms with Gasteiger partial charge in [-0.15, -0.1) is 0 Å². The minimum Gasteiger partial charge on any atom is -0.354 e. The summed E-state index contributed by atoms with van der Waals surface area (Å²) >= 11 is 18.2. The van der Waals surface area contributed by atoms with Crippen molar-refractivity contribution in [1.29, 1.82) is 0 Å². The molecule has 0 heterocycles. The quantitative estimate of drug-likeness (QED) is 0.255. The van der Waals surface area contributed by atoms with Crippen molar-refractivity contribution in [3.05, 3.63) is 93.2 Å². The molecule has 0 aromatic heterocycles. The Balaban J connectivity index is 2.08. The number of amides is 2. The van der Waals surface area contributed by atoms with Crippen molar-refractivity contribution in [3.8, 4) is 0 Å². The molecule has 7 nitrogen and oxygen atoms in total. The van der Waals surface area contributed by atoms with Crippen LogP contribution in [0.4, 0.5) is 10.1 Å². The molecule has 2 amide bonds. The maximum Gasteiger partial charge on any atom is 0.264 e. The van der Waals surface area contributed by atoms with Gasteiger partial charge in [0.15, 0.2) is 0 Å². The lowest BCUT2D eigenvalue weighted by Crippen LogP contribution is -2.52. The van der Waals surface area contributed by atoms with Gasteiger partial charge in [-0.3, -0.25) is 13.9 Å². The van der Waals surface area contributed by atoms with Crippen LogP contribution in [-0.2, 0) is 26.2 Å². The Labute approximate surface area is 248 Å². The van der Waals surface area contributed by atoms with Crippen LogP contribution >= 0.6 is 34.8 Å². The van der Waals surface area contributed by atoms with E-state index in [1.807, 2.05) is 6.92 Å². The Morgan fingerprint density at radius 1 is 0.925 bits per heavy atom. The lowest BCUT2D eigenvalue weighted by molar-refractivity contribution is -0.140. The zero-order valence-electron chi connectivity index (χ0n) is 21.9. The van der Waals surface area contributed by atoms with Crippen LogP contribution in [0.2, 0.25) is 15.1 Å². The van der Waals surface area contributed by atoms with Gasteiger partial charge in [-0.1, -0.05) is 72.9 Å². The summed E-state index contributed by atoms with van der Waals surface area (Å²) in [6.45, 7) is 3.34. The lowest BCUT2D eigenvalue weighted by Gasteiger charge is -2.33. The standard InChI is InChI=1S/C28H29Cl3FN3O4S/c1-3-14-33-28(37)26(4-2)34(17-19-10-12-22(29)23(30)15-19)27(36)18-35(20-11-13-25(32)24(31)16-20)40(38,39)21-8-6-5-7-9-21/h5-13,15-16,26H,3-4,14,17-18H2,1-2H3,(H,33,37). The Morgan fingerprint density at radius 3 is 2.23 bits per heavy atom. The number of anilines is 1. The molecule has 40 heavy (non-hydrogen) atoms. The second-order valence-electron chi connectivity index (χ2n) is 8.91. The molecule has 1 N–H and O–H groups in total. The van der Waals surface area contributed by atoms with Gasteiger partial charge in [0, 0.05) is 13.1 Å². The van der Waals surface area contributed by atoms with Crippen LogP contribution in [0.25, 0.3) is 0 Å². The fourth-order valence-corrected chi connectivity index (χ4v) is 5.93. The molecule has 0 aliphatic carbocycles. The number of hydrogen-bond donors (Lipinski definition) is 1. The number of nitrogens with one attached hydrogen (secondary N) is 1. The van der Waals surface area contributed by atoms with Crippen LogP contribution in [-0.4, -0.2) is 44.3 Å². The van der Waals surface area contributed by atoms with E-state index < -0.39 is 34.3 Å². The number of sulfonamides is 1. The molecule has 3 rings (SSSR count). The van der Waals surface area contributed by atoms with Crippen LogP contribution in [0.1, 0.15) is 32.3 Å². The lowest BCUT2D eigenvalue weighted by atomic mass is 10.1. The summed E-state index contributed by atoms with van der Waals surface area (Å²) in [5.74, 6) is -1.78. The molecule has 1 atom stereocenters. The van der Waals surface area contributed by atoms with E-state index in [9.17, 15) is 22.4 Å². The van der Waals surface area contributed by atoms with E-state index in [4.69, 9.17) is 34.8 Å². The first kappa shape index (κ1) is 31.7. The summed E-state index contributed by atoms with van der Waals surface area (Å²) in [6.07, 6.45) is 0.952. The number of benzene rings is 3. The smallest absolute Gasteiger partial charge is 0.264 e. The van der Waals surface area contributed by atoms with E-state index in [1.165, 1.54) is 23.1 Å². The first-order valence-electron chi connectivity index (χ1n) is 12.5. The maximum atomic E-state index is 14.0. The molecule has 214 valence electrons. The van der Waals surface area contributed by atoms with Gasteiger partial charge < -0.3 is 10.2 Å². The molecule has 1 unspecified atom stereocenters. The van der Waals surface area contributed by atoms with Crippen molar-refractivity contribution < 1.29 is 22.4 Å². The molecule has 0 spiro atoms. The predicted molar refractivity (Wildman–Crippen MR) is 157 cm³/mol. The average Bonchev–Trinajstić information content (AvgIpc) is 2.94. The van der Waals surface area contributed by atoms with Crippen molar-refractivity contribution in [3.63, 3.8) is 0 Å². The number of halogens is 4. The van der Waals surface area contributed by atoms with Crippen LogP contribution in [0.15, 0.2) is 71.6 Å². The highest BCUT2D eigenvalue weighted by Gasteiger charge is 2.34. The van der Waals surface area contributed by atoms with Crippen molar-refractivity contribution in [2.75, 3.05) is 17.4 Å². The third-order valence-electron chi connectivity index (χ3n) is 6.07. The highest BCUT2D eigenvalue weighted by molar-refractivity contribution is 7.92. The normalized spacial score (nSPS) is 12.1. The zero-order chi connectivity index (χ0) is 29.4. The number of nitrogens with zero attached hydrogens (tertiary/aromatic N) is 2. The van der Waals surface area contributed by atoms with Gasteiger partial charge in [0.05, 0.1) is 25.7 Å². The summed E-state index contributed by atoms with van der Waals surface area (Å²) in [7, 11) is -4.30. The molecule has 0 radical (unpaired) electrons. The molecule has 12 heteroatoms. The molecule has 0 aliphatic rings. The second-order valence-corrected chi connectivity index (χ2v) is 12.0. The van der Waals surface area contributed by atoms with E-state index >= 15 is 0 Å². The SMILES string of the molecule is CCCNC(=O)C(CC)N(Cc1ccc(Cl)c(Cl)c1)C(=O)CN(c1ccc(F)c(Cl)c1)S(=O)(=O)c1ccccc1. The van der Waals surface area contributed by atoms with E-state index in [-0.39, 0.29) is 39.5 Å². The molecular formula is C28H29Cl3FN3O4S. The summed E-state index contributed by atoms with van der Waals surface area (Å²) in [4.78, 5) is 28.3. The third kappa shape index (κ3) is 7.66. The number of rotatable bonds is 12. The minimum absolute atomic E-state index is 0.0124. The molecule has 3 aromatic carbocycles. The van der Waals surface area contributed by atoms with Gasteiger partial charge in [0.1, 0.15) is 18.4 Å². The zero-order valence-corrected chi connectivity index (χ0v) is 25.0. The number of carbonyl (C=O) groups is 2. The van der Waals surface area contributed by atoms with E-state index in [0.29, 0.717) is 23.6 Å². The molecular weight excluding hydrogens is 600 g/mol. The third-order valence-corrected chi connectivity index (χ3v) is 8.89. The summed E-state index contributed by atoms with van der Waals surface area (Å²) in [5.41, 5.74) is 0.577. The van der Waals surface area contributed by atoms with Crippen LogP contribution in [0, 0.1) is 5.82 Å². The molecule has 0 bridgehead atoms. The van der Waals surface area contributed by atoms with Crippen molar-refractivity contribution in [2.45, 2.75) is 44.2 Å². The fourth-order valence-electron chi connectivity index (χ4n) is 4.01. The van der Waals surface area contributed by atoms with E-state index in [0.717, 1.165) is 16.4 Å². The number of hydrogen-bond acceptors (Lipinski definition) is 4. The maximum absolute atomic E-state index is 14.0. The molecule has 0 saturated carbocycles. The van der Waals surface area contributed by atoms with Crippen LogP contribution in [0.5, 0.6) is 0 Å². The largest absolute Gasteiger partial charge is 0.354 e. The van der Waals surface area contributed by atoms with E-state index in [1.54, 1.807) is 43.3 Å². The second kappa shape index (κ2) is 14.2. The van der Waals surface area contributed by atoms with Crippen molar-refractivity contribution in [1.82, 2.24) is 10.2 Å². The molecule has 0 fully saturated rings. The molecule has 3 aromatic rings. The Kier molecular flexibility index (Phi) is 11.2. The van der Waals surface area contributed by atoms with E-state index in [2.05, 4.69) is 5.32 Å². The molecule has 0 aliphatic heterocycles. The predicted octanol–water partition coefficient (Wildman–Crippen LogP) is 6.31. The summed E-state index contributed by atoms with van der Waals surface area (Å²) in [6, 6.07) is 14.8. The summed E-state index contributed by atoms with van der Waals surface area (Å²) < 4.78 is 42.3. The average molecular weight is 629 g/mol. The van der Waals surface area contributed by atoms with Gasteiger partial charge in [0.25, 0.3) is 10.0 Å². The molecule has 0 saturated heterocycles. The Morgan fingerprint density at radius 2 is 1.62 bits per heavy atom. The number of carbonyl (C=O) groups excluding carboxylic acids is 2. The monoisotopic (exact) mass is 627 g/mol. The van der Waals surface area contributed by atoms with Gasteiger partial charge in [-0.2, -0.15) is 0 Å². The first-order valence-corrected chi connectivity index (χ1v) is 15.1. The fraction of sp³-hybridized carbons (Fsp3) is 0.286. The van der Waals surface area contributed by atoms with Crippen LogP contribution < -0.4 is 9.62 Å². The van der Waals surface area contributed by atoms with Crippen LogP contribution in [0.3, 0.4) is 0 Å². The Hall–Kier alpha value is -2.85. The van der Waals surface area contributed by atoms with Gasteiger partial charge in [0.2, 0.25) is 11.8 Å². The minimum atomic E-state index is -4.30. The van der Waals surface area contributed by atoms with Gasteiger partial charge in [-0.25, -0.2) is 12.8 Å². The first-order chi connectivity index (χ1) is 19.0. The summed E-state index contributed by atoms with van der Waals surface area (Å²) in [5, 5.41) is 3.09. The van der Waals surface area contributed by atoms with Crippen molar-refractivity contribution >= 4 is 62.3 Å².